The Bertz CT molecular complexity index is 551. The number of benzene rings is 1. The lowest BCUT2D eigenvalue weighted by molar-refractivity contribution is 0.232. The highest BCUT2D eigenvalue weighted by Gasteiger charge is 2.31. The van der Waals surface area contributed by atoms with Crippen LogP contribution in [0.4, 0.5) is 4.79 Å². The number of aryl methyl sites for hydroxylation is 1. The second-order valence-electron chi connectivity index (χ2n) is 4.28. The van der Waals surface area contributed by atoms with E-state index in [1.807, 2.05) is 25.2 Å². The Morgan fingerprint density at radius 1 is 1.37 bits per heavy atom. The van der Waals surface area contributed by atoms with Gasteiger partial charge in [-0.15, -0.1) is 0 Å². The van der Waals surface area contributed by atoms with Gasteiger partial charge in [0.1, 0.15) is 0 Å². The number of carbonyl (C=O) groups excluding carboxylic acids is 1. The number of nitrogens with zero attached hydrogens (tertiary/aromatic N) is 2. The van der Waals surface area contributed by atoms with E-state index >= 15 is 0 Å². The van der Waals surface area contributed by atoms with Crippen LogP contribution in [-0.2, 0) is 0 Å². The fourth-order valence-corrected chi connectivity index (χ4v) is 2.17. The van der Waals surface area contributed by atoms with Gasteiger partial charge >= 0.3 is 6.03 Å². The molecule has 0 radical (unpaired) electrons. The second kappa shape index (κ2) is 5.06. The second-order valence-corrected chi connectivity index (χ2v) is 4.28. The molecule has 2 rings (SSSR count). The van der Waals surface area contributed by atoms with Crippen LogP contribution in [-0.4, -0.2) is 31.7 Å². The predicted molar refractivity (Wildman–Crippen MR) is 67.9 cm³/mol. The van der Waals surface area contributed by atoms with Crippen LogP contribution in [0.25, 0.3) is 0 Å². The van der Waals surface area contributed by atoms with Crippen LogP contribution in [0.2, 0.25) is 0 Å². The minimum absolute atomic E-state index is 0.216. The van der Waals surface area contributed by atoms with Gasteiger partial charge in [-0.2, -0.15) is 5.26 Å². The average molecular weight is 261 g/mol. The molecule has 1 aliphatic heterocycles. The van der Waals surface area contributed by atoms with Crippen molar-refractivity contribution >= 4 is 6.03 Å². The van der Waals surface area contributed by atoms with Crippen molar-refractivity contribution < 1.29 is 14.3 Å². The van der Waals surface area contributed by atoms with Crippen molar-refractivity contribution in [3.8, 4) is 17.7 Å². The monoisotopic (exact) mass is 261 g/mol. The molecule has 0 aromatic heterocycles. The lowest BCUT2D eigenvalue weighted by atomic mass is 10.0. The Hall–Kier alpha value is -2.42. The summed E-state index contributed by atoms with van der Waals surface area (Å²) in [6.45, 7) is 2.25. The zero-order valence-corrected chi connectivity index (χ0v) is 11.1. The summed E-state index contributed by atoms with van der Waals surface area (Å²) in [7, 11) is 3.14. The van der Waals surface area contributed by atoms with Crippen molar-refractivity contribution in [2.24, 2.45) is 0 Å². The molecule has 19 heavy (non-hydrogen) atoms. The molecule has 1 aromatic rings. The molecule has 100 valence electrons. The van der Waals surface area contributed by atoms with Crippen LogP contribution >= 0.6 is 0 Å². The number of amides is 2. The van der Waals surface area contributed by atoms with E-state index in [1.54, 1.807) is 14.2 Å². The number of ether oxygens (including phenoxy) is 2. The number of nitrogens with one attached hydrogen (secondary N) is 1. The molecule has 1 atom stereocenters. The molecule has 0 bridgehead atoms. The summed E-state index contributed by atoms with van der Waals surface area (Å²) in [5.74, 6) is 1.25. The standard InChI is InChI=1S/C13H15N3O3/c1-8-4-11(18-2)12(19-3)5-9(8)10-6-16(7-14)13(17)15-10/h4-5,10H,6H2,1-3H3,(H,15,17). The van der Waals surface area contributed by atoms with E-state index in [4.69, 9.17) is 14.7 Å². The summed E-state index contributed by atoms with van der Waals surface area (Å²) in [4.78, 5) is 12.6. The molecule has 2 amide bonds. The van der Waals surface area contributed by atoms with Gasteiger partial charge < -0.3 is 14.8 Å². The van der Waals surface area contributed by atoms with Crippen LogP contribution < -0.4 is 14.8 Å². The van der Waals surface area contributed by atoms with E-state index in [9.17, 15) is 4.79 Å². The molecule has 0 aliphatic carbocycles. The first-order chi connectivity index (χ1) is 9.10. The van der Waals surface area contributed by atoms with Crippen LogP contribution in [0.5, 0.6) is 11.5 Å². The molecule has 1 fully saturated rings. The van der Waals surface area contributed by atoms with Crippen LogP contribution in [0.3, 0.4) is 0 Å². The molecular formula is C13H15N3O3. The van der Waals surface area contributed by atoms with E-state index in [0.29, 0.717) is 18.0 Å². The number of rotatable bonds is 3. The Balaban J connectivity index is 2.36. The minimum atomic E-state index is -0.373. The topological polar surface area (TPSA) is 74.6 Å². The normalized spacial score (nSPS) is 17.9. The maximum Gasteiger partial charge on any atom is 0.331 e. The van der Waals surface area contributed by atoms with Gasteiger partial charge in [0.05, 0.1) is 26.8 Å². The number of nitriles is 1. The Morgan fingerprint density at radius 3 is 2.53 bits per heavy atom. The summed E-state index contributed by atoms with van der Waals surface area (Å²) in [6, 6.07) is 3.10. The minimum Gasteiger partial charge on any atom is -0.493 e. The molecule has 6 nitrogen and oxygen atoms in total. The molecule has 6 heteroatoms. The van der Waals surface area contributed by atoms with Crippen molar-refractivity contribution in [1.82, 2.24) is 10.2 Å². The maximum absolute atomic E-state index is 11.5. The zero-order chi connectivity index (χ0) is 14.0. The molecule has 1 unspecified atom stereocenters. The Labute approximate surface area is 111 Å². The highest BCUT2D eigenvalue weighted by atomic mass is 16.5. The van der Waals surface area contributed by atoms with Crippen LogP contribution in [0, 0.1) is 18.4 Å². The van der Waals surface area contributed by atoms with Crippen molar-refractivity contribution in [3.63, 3.8) is 0 Å². The fourth-order valence-electron chi connectivity index (χ4n) is 2.17. The van der Waals surface area contributed by atoms with Crippen molar-refractivity contribution in [3.05, 3.63) is 23.3 Å². The van der Waals surface area contributed by atoms with E-state index in [1.165, 1.54) is 0 Å². The Morgan fingerprint density at radius 2 is 2.00 bits per heavy atom. The lowest BCUT2D eigenvalue weighted by Crippen LogP contribution is -2.23. The van der Waals surface area contributed by atoms with Crippen LogP contribution in [0.1, 0.15) is 17.2 Å². The smallest absolute Gasteiger partial charge is 0.331 e. The van der Waals surface area contributed by atoms with Crippen molar-refractivity contribution in [2.45, 2.75) is 13.0 Å². The number of carbonyl (C=O) groups is 1. The molecule has 1 saturated heterocycles. The van der Waals surface area contributed by atoms with Gasteiger partial charge in [0, 0.05) is 0 Å². The largest absolute Gasteiger partial charge is 0.493 e. The molecular weight excluding hydrogens is 246 g/mol. The van der Waals surface area contributed by atoms with E-state index in [2.05, 4.69) is 5.32 Å². The lowest BCUT2D eigenvalue weighted by Gasteiger charge is -2.16. The molecule has 1 heterocycles. The number of hydrogen-bond acceptors (Lipinski definition) is 4. The van der Waals surface area contributed by atoms with Gasteiger partial charge in [0.25, 0.3) is 0 Å². The summed E-state index contributed by atoms with van der Waals surface area (Å²) in [5.41, 5.74) is 1.89. The summed E-state index contributed by atoms with van der Waals surface area (Å²) in [6.07, 6.45) is 1.85. The predicted octanol–water partition coefficient (Wildman–Crippen LogP) is 1.56. The number of methoxy groups -OCH3 is 2. The van der Waals surface area contributed by atoms with Gasteiger partial charge in [0.2, 0.25) is 0 Å². The molecule has 0 spiro atoms. The van der Waals surface area contributed by atoms with Crippen molar-refractivity contribution in [1.29, 1.82) is 5.26 Å². The quantitative estimate of drug-likeness (QED) is 0.838. The third-order valence-corrected chi connectivity index (χ3v) is 3.18. The summed E-state index contributed by atoms with van der Waals surface area (Å²) >= 11 is 0. The third kappa shape index (κ3) is 2.27. The Kier molecular flexibility index (Phi) is 3.47. The van der Waals surface area contributed by atoms with Crippen LogP contribution in [0.15, 0.2) is 12.1 Å². The zero-order valence-electron chi connectivity index (χ0n) is 11.1. The first-order valence-electron chi connectivity index (χ1n) is 5.81. The van der Waals surface area contributed by atoms with Gasteiger partial charge in [-0.1, -0.05) is 0 Å². The van der Waals surface area contributed by atoms with Gasteiger partial charge in [-0.25, -0.2) is 9.69 Å². The first-order valence-corrected chi connectivity index (χ1v) is 5.81. The van der Waals surface area contributed by atoms with E-state index in [-0.39, 0.29) is 12.1 Å². The van der Waals surface area contributed by atoms with E-state index in [0.717, 1.165) is 16.0 Å². The van der Waals surface area contributed by atoms with Gasteiger partial charge in [0.15, 0.2) is 17.7 Å². The SMILES string of the molecule is COc1cc(C)c(C2CN(C#N)C(=O)N2)cc1OC. The highest BCUT2D eigenvalue weighted by Crippen LogP contribution is 2.34. The summed E-state index contributed by atoms with van der Waals surface area (Å²) < 4.78 is 10.5. The molecule has 1 N–H and O–H groups in total. The third-order valence-electron chi connectivity index (χ3n) is 3.18. The maximum atomic E-state index is 11.5. The van der Waals surface area contributed by atoms with Gasteiger partial charge in [-0.3, -0.25) is 0 Å². The number of urea groups is 1. The molecule has 1 aliphatic rings. The fraction of sp³-hybridized carbons (Fsp3) is 0.385. The average Bonchev–Trinajstić information content (AvgIpc) is 2.79. The number of hydrogen-bond donors (Lipinski definition) is 1. The molecule has 1 aromatic carbocycles. The van der Waals surface area contributed by atoms with Gasteiger partial charge in [-0.05, 0) is 30.2 Å². The highest BCUT2D eigenvalue weighted by molar-refractivity contribution is 5.79. The molecule has 0 saturated carbocycles. The first kappa shape index (κ1) is 13.0. The summed E-state index contributed by atoms with van der Waals surface area (Å²) in [5, 5.41) is 11.6. The van der Waals surface area contributed by atoms with E-state index < -0.39 is 0 Å². The van der Waals surface area contributed by atoms with Crippen molar-refractivity contribution in [2.75, 3.05) is 20.8 Å².